The molecule has 0 saturated carbocycles. The average molecular weight is 584 g/mol. The number of pyridine rings is 1. The van der Waals surface area contributed by atoms with Crippen molar-refractivity contribution in [2.45, 2.75) is 44.3 Å². The maximum Gasteiger partial charge on any atom is 0.490 e. The van der Waals surface area contributed by atoms with Crippen molar-refractivity contribution < 1.29 is 60.4 Å². The molecule has 1 amide bonds. The molecule has 3 N–H and O–H groups in total. The number of hydrogen-bond acceptors (Lipinski definition) is 7. The SMILES string of the molecule is O=C(NCC1OCCc2cn(CC3CCOCC3)nc21)c1ccncc1.O=C(O)C(F)(F)F.O=C(O)C(F)(F)F. The van der Waals surface area contributed by atoms with E-state index in [4.69, 9.17) is 34.4 Å². The Balaban J connectivity index is 0.000000333. The number of aliphatic carboxylic acids is 2. The molecule has 1 fully saturated rings. The van der Waals surface area contributed by atoms with Gasteiger partial charge in [0.05, 0.1) is 12.3 Å². The second-order valence-corrected chi connectivity index (χ2v) is 8.48. The number of carbonyl (C=O) groups excluding carboxylic acids is 1. The summed E-state index contributed by atoms with van der Waals surface area (Å²) in [6.07, 6.45) is -1.94. The zero-order valence-corrected chi connectivity index (χ0v) is 20.7. The molecule has 2 aromatic heterocycles. The molecule has 0 aliphatic carbocycles. The minimum Gasteiger partial charge on any atom is -0.475 e. The number of aromatic nitrogens is 3. The van der Waals surface area contributed by atoms with Crippen molar-refractivity contribution in [3.63, 3.8) is 0 Å². The van der Waals surface area contributed by atoms with Crippen LogP contribution in [0.25, 0.3) is 0 Å². The van der Waals surface area contributed by atoms with E-state index in [1.54, 1.807) is 24.5 Å². The number of rotatable bonds is 5. The first kappa shape index (κ1) is 32.5. The van der Waals surface area contributed by atoms with Crippen molar-refractivity contribution in [2.24, 2.45) is 5.92 Å². The molecule has 1 unspecified atom stereocenters. The molecule has 2 aliphatic rings. The Hall–Kier alpha value is -3.73. The Kier molecular flexibility index (Phi) is 11.9. The molecule has 0 spiro atoms. The quantitative estimate of drug-likeness (QED) is 0.450. The third-order valence-corrected chi connectivity index (χ3v) is 5.53. The van der Waals surface area contributed by atoms with E-state index in [1.165, 1.54) is 5.56 Å². The van der Waals surface area contributed by atoms with Crippen molar-refractivity contribution >= 4 is 17.8 Å². The molecule has 4 heterocycles. The van der Waals surface area contributed by atoms with Crippen LogP contribution in [0.4, 0.5) is 26.3 Å². The van der Waals surface area contributed by atoms with Gasteiger partial charge >= 0.3 is 24.3 Å². The van der Waals surface area contributed by atoms with Crippen LogP contribution in [0, 0.1) is 5.92 Å². The summed E-state index contributed by atoms with van der Waals surface area (Å²) in [5, 5.41) is 22.0. The molecule has 4 rings (SSSR count). The van der Waals surface area contributed by atoms with Crippen LogP contribution in [0.3, 0.4) is 0 Å². The third kappa shape index (κ3) is 10.8. The number of ether oxygens (including phenoxy) is 2. The second-order valence-electron chi connectivity index (χ2n) is 8.48. The standard InChI is InChI=1S/C19H24N4O3.2C2HF3O2/c24-19(15-1-6-20-7-2-15)21-11-17-18-16(5-10-26-17)13-23(22-18)12-14-3-8-25-9-4-14;2*3-2(4,5)1(6)7/h1-2,6-7,13-14,17H,3-5,8-12H2,(H,21,24);2*(H,6,7). The fraction of sp³-hybridized carbons (Fsp3) is 0.522. The molecule has 1 atom stereocenters. The highest BCUT2D eigenvalue weighted by Gasteiger charge is 2.38. The summed E-state index contributed by atoms with van der Waals surface area (Å²) in [7, 11) is 0. The molecule has 0 bridgehead atoms. The van der Waals surface area contributed by atoms with Gasteiger partial charge in [-0.15, -0.1) is 0 Å². The van der Waals surface area contributed by atoms with Crippen LogP contribution in [0.15, 0.2) is 30.7 Å². The maximum atomic E-state index is 12.2. The van der Waals surface area contributed by atoms with Crippen LogP contribution in [0.1, 0.15) is 40.6 Å². The number of alkyl halides is 6. The summed E-state index contributed by atoms with van der Waals surface area (Å²) in [6, 6.07) is 3.40. The van der Waals surface area contributed by atoms with Crippen LogP contribution in [0.5, 0.6) is 0 Å². The Labute approximate surface area is 223 Å². The Morgan fingerprint density at radius 2 is 1.52 bits per heavy atom. The van der Waals surface area contributed by atoms with E-state index >= 15 is 0 Å². The molecule has 222 valence electrons. The minimum absolute atomic E-state index is 0.121. The van der Waals surface area contributed by atoms with Gasteiger partial charge in [0.25, 0.3) is 5.91 Å². The molecule has 40 heavy (non-hydrogen) atoms. The number of nitrogens with zero attached hydrogens (tertiary/aromatic N) is 3. The zero-order chi connectivity index (χ0) is 29.9. The van der Waals surface area contributed by atoms with Crippen LogP contribution in [-0.4, -0.2) is 81.5 Å². The molecule has 11 nitrogen and oxygen atoms in total. The number of nitrogens with one attached hydrogen (secondary N) is 1. The van der Waals surface area contributed by atoms with Gasteiger partial charge < -0.3 is 25.0 Å². The molecule has 2 aromatic rings. The number of amides is 1. The fourth-order valence-electron chi connectivity index (χ4n) is 3.56. The first-order chi connectivity index (χ1) is 18.7. The molecular weight excluding hydrogens is 558 g/mol. The molecule has 0 radical (unpaired) electrons. The van der Waals surface area contributed by atoms with Crippen molar-refractivity contribution in [2.75, 3.05) is 26.4 Å². The van der Waals surface area contributed by atoms with Gasteiger partial charge in [0, 0.05) is 50.5 Å². The number of hydrogen-bond donors (Lipinski definition) is 3. The van der Waals surface area contributed by atoms with E-state index < -0.39 is 24.3 Å². The lowest BCUT2D eigenvalue weighted by atomic mass is 10.0. The monoisotopic (exact) mass is 584 g/mol. The van der Waals surface area contributed by atoms with Gasteiger partial charge in [0.1, 0.15) is 6.10 Å². The first-order valence-corrected chi connectivity index (χ1v) is 11.7. The van der Waals surface area contributed by atoms with Gasteiger partial charge in [0.2, 0.25) is 0 Å². The van der Waals surface area contributed by atoms with Gasteiger partial charge in [0.15, 0.2) is 0 Å². The predicted octanol–water partition coefficient (Wildman–Crippen LogP) is 3.02. The summed E-state index contributed by atoms with van der Waals surface area (Å²) in [5.74, 6) is -5.01. The highest BCUT2D eigenvalue weighted by Crippen LogP contribution is 2.26. The average Bonchev–Trinajstić information content (AvgIpc) is 3.31. The number of carboxylic acid groups (broad SMARTS) is 2. The van der Waals surface area contributed by atoms with Crippen LogP contribution in [-0.2, 0) is 32.0 Å². The van der Waals surface area contributed by atoms with Gasteiger partial charge in [-0.2, -0.15) is 31.4 Å². The molecule has 0 aromatic carbocycles. The number of halogens is 6. The summed E-state index contributed by atoms with van der Waals surface area (Å²) < 4.78 is 76.8. The van der Waals surface area contributed by atoms with Crippen molar-refractivity contribution in [3.05, 3.63) is 47.5 Å². The van der Waals surface area contributed by atoms with E-state index in [2.05, 4.69) is 16.5 Å². The third-order valence-electron chi connectivity index (χ3n) is 5.53. The Bertz CT molecular complexity index is 1100. The highest BCUT2D eigenvalue weighted by atomic mass is 19.4. The number of carboxylic acids is 2. The lowest BCUT2D eigenvalue weighted by Gasteiger charge is -2.22. The summed E-state index contributed by atoms with van der Waals surface area (Å²) in [4.78, 5) is 34.0. The van der Waals surface area contributed by atoms with Gasteiger partial charge in [-0.3, -0.25) is 14.5 Å². The van der Waals surface area contributed by atoms with E-state index in [-0.39, 0.29) is 12.0 Å². The lowest BCUT2D eigenvalue weighted by Crippen LogP contribution is -2.32. The maximum absolute atomic E-state index is 12.2. The zero-order valence-electron chi connectivity index (χ0n) is 20.7. The van der Waals surface area contributed by atoms with Crippen LogP contribution in [0.2, 0.25) is 0 Å². The summed E-state index contributed by atoms with van der Waals surface area (Å²) >= 11 is 0. The molecular formula is C23H26F6N4O7. The van der Waals surface area contributed by atoms with E-state index in [0.717, 1.165) is 44.7 Å². The number of carbonyl (C=O) groups is 3. The molecule has 2 aliphatic heterocycles. The van der Waals surface area contributed by atoms with Crippen LogP contribution >= 0.6 is 0 Å². The van der Waals surface area contributed by atoms with E-state index in [9.17, 15) is 31.1 Å². The Morgan fingerprint density at radius 3 is 2.05 bits per heavy atom. The number of fused-ring (bicyclic) bond motifs is 1. The van der Waals surface area contributed by atoms with Crippen molar-refractivity contribution in [3.8, 4) is 0 Å². The summed E-state index contributed by atoms with van der Waals surface area (Å²) in [6.45, 7) is 3.69. The van der Waals surface area contributed by atoms with Crippen molar-refractivity contribution in [1.82, 2.24) is 20.1 Å². The molecule has 17 heteroatoms. The fourth-order valence-corrected chi connectivity index (χ4v) is 3.56. The lowest BCUT2D eigenvalue weighted by molar-refractivity contribution is -0.193. The van der Waals surface area contributed by atoms with Gasteiger partial charge in [-0.1, -0.05) is 0 Å². The largest absolute Gasteiger partial charge is 0.490 e. The summed E-state index contributed by atoms with van der Waals surface area (Å²) in [5.41, 5.74) is 2.78. The smallest absolute Gasteiger partial charge is 0.475 e. The van der Waals surface area contributed by atoms with Gasteiger partial charge in [-0.25, -0.2) is 9.59 Å². The van der Waals surface area contributed by atoms with E-state index in [0.29, 0.717) is 24.6 Å². The van der Waals surface area contributed by atoms with Gasteiger partial charge in [-0.05, 0) is 42.9 Å². The van der Waals surface area contributed by atoms with Crippen molar-refractivity contribution in [1.29, 1.82) is 0 Å². The predicted molar refractivity (Wildman–Crippen MR) is 122 cm³/mol. The normalized spacial score (nSPS) is 17.3. The second kappa shape index (κ2) is 14.6. The Morgan fingerprint density at radius 1 is 0.975 bits per heavy atom. The highest BCUT2D eigenvalue weighted by molar-refractivity contribution is 5.93. The first-order valence-electron chi connectivity index (χ1n) is 11.7. The minimum atomic E-state index is -5.08. The topological polar surface area (TPSA) is 153 Å². The van der Waals surface area contributed by atoms with Crippen LogP contribution < -0.4 is 5.32 Å². The molecule has 1 saturated heterocycles. The van der Waals surface area contributed by atoms with E-state index in [1.807, 2.05) is 4.68 Å².